The minimum absolute atomic E-state index is 0.294. The average molecular weight is 344 g/mol. The van der Waals surface area contributed by atoms with Gasteiger partial charge in [-0.3, -0.25) is 4.79 Å². The third-order valence-corrected chi connectivity index (χ3v) is 3.64. The molecule has 0 aliphatic carbocycles. The lowest BCUT2D eigenvalue weighted by Gasteiger charge is -2.10. The Labute approximate surface area is 151 Å². The maximum absolute atomic E-state index is 12.4. The van der Waals surface area contributed by atoms with E-state index in [4.69, 9.17) is 10.00 Å². The van der Waals surface area contributed by atoms with Crippen LogP contribution in [-0.2, 0) is 0 Å². The zero-order chi connectivity index (χ0) is 18.4. The van der Waals surface area contributed by atoms with Crippen molar-refractivity contribution in [3.63, 3.8) is 0 Å². The van der Waals surface area contributed by atoms with Crippen LogP contribution >= 0.6 is 0 Å². The molecule has 0 bridgehead atoms. The quantitative estimate of drug-likeness (QED) is 0.731. The molecular formula is C20H16N4O2. The molecule has 6 heteroatoms. The number of benzene rings is 2. The molecule has 1 amide bonds. The number of hydrogen-bond acceptors (Lipinski definition) is 5. The first-order valence-corrected chi connectivity index (χ1v) is 7.87. The molecule has 3 aromatic rings. The largest absolute Gasteiger partial charge is 0.496 e. The topological polar surface area (TPSA) is 87.0 Å². The molecule has 2 N–H and O–H groups in total. The van der Waals surface area contributed by atoms with Crippen molar-refractivity contribution in [1.82, 2.24) is 4.98 Å². The van der Waals surface area contributed by atoms with Crippen molar-refractivity contribution < 1.29 is 9.53 Å². The van der Waals surface area contributed by atoms with Crippen molar-refractivity contribution in [2.75, 3.05) is 17.7 Å². The normalized spacial score (nSPS) is 9.85. The Morgan fingerprint density at radius 2 is 1.92 bits per heavy atom. The number of carbonyl (C=O) groups is 1. The summed E-state index contributed by atoms with van der Waals surface area (Å²) in [4.78, 5) is 16.6. The fourth-order valence-corrected chi connectivity index (χ4v) is 2.39. The Kier molecular flexibility index (Phi) is 5.11. The second-order valence-corrected chi connectivity index (χ2v) is 5.40. The number of nitrogens with zero attached hydrogens (tertiary/aromatic N) is 2. The number of anilines is 3. The molecule has 26 heavy (non-hydrogen) atoms. The van der Waals surface area contributed by atoms with Gasteiger partial charge in [0.25, 0.3) is 5.91 Å². The number of pyridine rings is 1. The highest BCUT2D eigenvalue weighted by molar-refractivity contribution is 6.05. The number of nitriles is 1. The molecule has 0 radical (unpaired) electrons. The molecular weight excluding hydrogens is 328 g/mol. The van der Waals surface area contributed by atoms with E-state index in [2.05, 4.69) is 21.7 Å². The van der Waals surface area contributed by atoms with Gasteiger partial charge in [-0.2, -0.15) is 5.26 Å². The highest BCUT2D eigenvalue weighted by atomic mass is 16.5. The van der Waals surface area contributed by atoms with Gasteiger partial charge in [-0.05, 0) is 42.5 Å². The number of ether oxygens (including phenoxy) is 1. The maximum Gasteiger partial charge on any atom is 0.260 e. The Balaban J connectivity index is 1.69. The molecule has 0 atom stereocenters. The fraction of sp³-hybridized carbons (Fsp3) is 0.0500. The van der Waals surface area contributed by atoms with Gasteiger partial charge < -0.3 is 15.4 Å². The number of aromatic nitrogens is 1. The van der Waals surface area contributed by atoms with E-state index < -0.39 is 0 Å². The van der Waals surface area contributed by atoms with Gasteiger partial charge in [0.15, 0.2) is 0 Å². The standard InChI is InChI=1S/C20H16N4O2/c1-26-18-8-3-2-7-17(18)20(25)24-19-10-9-16(13-22-19)23-15-6-4-5-14(11-15)12-21/h2-11,13,23H,1H3,(H,22,24,25). The number of amides is 1. The van der Waals surface area contributed by atoms with Gasteiger partial charge in [0.1, 0.15) is 11.6 Å². The van der Waals surface area contributed by atoms with Crippen molar-refractivity contribution in [2.45, 2.75) is 0 Å². The summed E-state index contributed by atoms with van der Waals surface area (Å²) in [6.45, 7) is 0. The van der Waals surface area contributed by atoms with E-state index in [1.165, 1.54) is 7.11 Å². The molecule has 1 aromatic heterocycles. The van der Waals surface area contributed by atoms with E-state index in [1.54, 1.807) is 60.8 Å². The van der Waals surface area contributed by atoms with E-state index in [9.17, 15) is 4.79 Å². The summed E-state index contributed by atoms with van der Waals surface area (Å²) in [5.41, 5.74) is 2.54. The number of methoxy groups -OCH3 is 1. The Bertz CT molecular complexity index is 962. The average Bonchev–Trinajstić information content (AvgIpc) is 2.69. The monoisotopic (exact) mass is 344 g/mol. The first kappa shape index (κ1) is 17.0. The third-order valence-electron chi connectivity index (χ3n) is 3.64. The zero-order valence-electron chi connectivity index (χ0n) is 14.1. The van der Waals surface area contributed by atoms with Crippen LogP contribution in [0.2, 0.25) is 0 Å². The predicted molar refractivity (Wildman–Crippen MR) is 99.6 cm³/mol. The summed E-state index contributed by atoms with van der Waals surface area (Å²) < 4.78 is 5.19. The van der Waals surface area contributed by atoms with Crippen molar-refractivity contribution in [3.05, 3.63) is 78.0 Å². The summed E-state index contributed by atoms with van der Waals surface area (Å²) in [5, 5.41) is 14.8. The van der Waals surface area contributed by atoms with Gasteiger partial charge >= 0.3 is 0 Å². The summed E-state index contributed by atoms with van der Waals surface area (Å²) in [6.07, 6.45) is 1.61. The molecule has 128 valence electrons. The third kappa shape index (κ3) is 3.97. The molecule has 0 aliphatic heterocycles. The van der Waals surface area contributed by atoms with E-state index in [-0.39, 0.29) is 5.91 Å². The molecule has 0 fully saturated rings. The second-order valence-electron chi connectivity index (χ2n) is 5.40. The summed E-state index contributed by atoms with van der Waals surface area (Å²) in [7, 11) is 1.52. The van der Waals surface area contributed by atoms with Crippen LogP contribution in [0, 0.1) is 11.3 Å². The number of carbonyl (C=O) groups excluding carboxylic acids is 1. The van der Waals surface area contributed by atoms with Gasteiger partial charge in [-0.1, -0.05) is 18.2 Å². The first-order chi connectivity index (χ1) is 12.7. The molecule has 2 aromatic carbocycles. The van der Waals surface area contributed by atoms with Crippen LogP contribution in [0.15, 0.2) is 66.9 Å². The fourth-order valence-electron chi connectivity index (χ4n) is 2.39. The van der Waals surface area contributed by atoms with Crippen LogP contribution < -0.4 is 15.4 Å². The number of nitrogens with one attached hydrogen (secondary N) is 2. The van der Waals surface area contributed by atoms with Crippen LogP contribution in [0.1, 0.15) is 15.9 Å². The maximum atomic E-state index is 12.4. The number of rotatable bonds is 5. The summed E-state index contributed by atoms with van der Waals surface area (Å²) in [5.74, 6) is 0.635. The van der Waals surface area contributed by atoms with Crippen molar-refractivity contribution >= 4 is 23.1 Å². The summed E-state index contributed by atoms with van der Waals surface area (Å²) in [6, 6.07) is 19.7. The Morgan fingerprint density at radius 3 is 2.65 bits per heavy atom. The van der Waals surface area contributed by atoms with Crippen molar-refractivity contribution in [3.8, 4) is 11.8 Å². The molecule has 0 saturated heterocycles. The molecule has 3 rings (SSSR count). The van der Waals surface area contributed by atoms with E-state index >= 15 is 0 Å². The molecule has 1 heterocycles. The minimum atomic E-state index is -0.294. The lowest BCUT2D eigenvalue weighted by atomic mass is 10.2. The van der Waals surface area contributed by atoms with E-state index in [0.29, 0.717) is 22.7 Å². The highest BCUT2D eigenvalue weighted by Crippen LogP contribution is 2.20. The number of hydrogen-bond donors (Lipinski definition) is 2. The molecule has 6 nitrogen and oxygen atoms in total. The van der Waals surface area contributed by atoms with Crippen LogP contribution in [0.5, 0.6) is 5.75 Å². The molecule has 0 spiro atoms. The zero-order valence-corrected chi connectivity index (χ0v) is 14.1. The van der Waals surface area contributed by atoms with Gasteiger partial charge in [0.2, 0.25) is 0 Å². The lowest BCUT2D eigenvalue weighted by molar-refractivity contribution is 0.102. The molecule has 0 saturated carbocycles. The Morgan fingerprint density at radius 1 is 1.08 bits per heavy atom. The van der Waals surface area contributed by atoms with Crippen LogP contribution in [0.25, 0.3) is 0 Å². The van der Waals surface area contributed by atoms with Gasteiger partial charge in [0, 0.05) is 5.69 Å². The predicted octanol–water partition coefficient (Wildman–Crippen LogP) is 3.96. The van der Waals surface area contributed by atoms with Crippen LogP contribution in [0.4, 0.5) is 17.2 Å². The highest BCUT2D eigenvalue weighted by Gasteiger charge is 2.12. The van der Waals surface area contributed by atoms with Crippen molar-refractivity contribution in [1.29, 1.82) is 5.26 Å². The lowest BCUT2D eigenvalue weighted by Crippen LogP contribution is -2.14. The minimum Gasteiger partial charge on any atom is -0.496 e. The van der Waals surface area contributed by atoms with Crippen molar-refractivity contribution in [2.24, 2.45) is 0 Å². The summed E-state index contributed by atoms with van der Waals surface area (Å²) >= 11 is 0. The van der Waals surface area contributed by atoms with Gasteiger partial charge in [0.05, 0.1) is 36.2 Å². The van der Waals surface area contributed by atoms with Crippen LogP contribution in [0.3, 0.4) is 0 Å². The Hall–Kier alpha value is -3.85. The van der Waals surface area contributed by atoms with Gasteiger partial charge in [-0.15, -0.1) is 0 Å². The SMILES string of the molecule is COc1ccccc1C(=O)Nc1ccc(Nc2cccc(C#N)c2)cn1. The van der Waals surface area contributed by atoms with E-state index in [0.717, 1.165) is 11.4 Å². The van der Waals surface area contributed by atoms with E-state index in [1.807, 2.05) is 6.07 Å². The van der Waals surface area contributed by atoms with Gasteiger partial charge in [-0.25, -0.2) is 4.98 Å². The molecule has 0 unspecified atom stereocenters. The first-order valence-electron chi connectivity index (χ1n) is 7.87. The van der Waals surface area contributed by atoms with Crippen LogP contribution in [-0.4, -0.2) is 18.0 Å². The second kappa shape index (κ2) is 7.81. The smallest absolute Gasteiger partial charge is 0.260 e. The number of para-hydroxylation sites is 1. The molecule has 0 aliphatic rings.